The molecule has 0 bridgehead atoms. The molecule has 0 aliphatic carbocycles. The van der Waals surface area contributed by atoms with Gasteiger partial charge in [-0.1, -0.05) is 49.4 Å². The molecule has 6 nitrogen and oxygen atoms in total. The highest BCUT2D eigenvalue weighted by atomic mass is 32.2. The number of likely N-dealkylation sites (tertiary alicyclic amines) is 1. The van der Waals surface area contributed by atoms with E-state index in [1.807, 2.05) is 54.6 Å². The molecular weight excluding hydrogens is 436 g/mol. The highest BCUT2D eigenvalue weighted by Crippen LogP contribution is 2.50. The maximum atomic E-state index is 13.5. The van der Waals surface area contributed by atoms with Crippen LogP contribution in [0, 0.1) is 11.8 Å². The Kier molecular flexibility index (Phi) is 6.91. The van der Waals surface area contributed by atoms with Gasteiger partial charge in [-0.2, -0.15) is 0 Å². The largest absolute Gasteiger partial charge is 0.468 e. The molecule has 2 aliphatic heterocycles. The first-order valence-corrected chi connectivity index (χ1v) is 12.4. The lowest BCUT2D eigenvalue weighted by Gasteiger charge is -2.32. The molecular formula is C26H30N2O4S. The summed E-state index contributed by atoms with van der Waals surface area (Å²) >= 11 is 1.78. The molecule has 0 spiro atoms. The first-order chi connectivity index (χ1) is 16.0. The number of esters is 1. The number of imide groups is 1. The SMILES string of the molecule is CCCSc1ccc(C2N[C@@](Cc3ccccc3)(C(=O)OC)C3C(=O)N(CC)C(=O)C23)cc1. The van der Waals surface area contributed by atoms with Crippen LogP contribution in [-0.4, -0.2) is 47.6 Å². The molecule has 4 rings (SSSR count). The molecule has 0 aromatic heterocycles. The van der Waals surface area contributed by atoms with E-state index in [0.29, 0.717) is 0 Å². The first-order valence-electron chi connectivity index (χ1n) is 11.4. The van der Waals surface area contributed by atoms with E-state index in [-0.39, 0.29) is 24.8 Å². The molecule has 2 heterocycles. The van der Waals surface area contributed by atoms with Gasteiger partial charge in [0.1, 0.15) is 5.54 Å². The van der Waals surface area contributed by atoms with Crippen molar-refractivity contribution >= 4 is 29.5 Å². The number of amides is 2. The van der Waals surface area contributed by atoms with E-state index < -0.39 is 29.4 Å². The van der Waals surface area contributed by atoms with Crippen molar-refractivity contribution in [2.75, 3.05) is 19.4 Å². The molecule has 2 amide bonds. The zero-order chi connectivity index (χ0) is 23.6. The summed E-state index contributed by atoms with van der Waals surface area (Å²) in [6, 6.07) is 17.2. The molecule has 2 fully saturated rings. The van der Waals surface area contributed by atoms with E-state index in [9.17, 15) is 14.4 Å². The van der Waals surface area contributed by atoms with Gasteiger partial charge in [0.25, 0.3) is 0 Å². The summed E-state index contributed by atoms with van der Waals surface area (Å²) in [6.07, 6.45) is 1.35. The molecule has 0 saturated carbocycles. The lowest BCUT2D eigenvalue weighted by molar-refractivity contribution is -0.154. The molecule has 2 saturated heterocycles. The minimum Gasteiger partial charge on any atom is -0.468 e. The Morgan fingerprint density at radius 3 is 2.36 bits per heavy atom. The molecule has 2 aromatic carbocycles. The van der Waals surface area contributed by atoms with Crippen LogP contribution < -0.4 is 5.32 Å². The normalized spacial score (nSPS) is 26.5. The van der Waals surface area contributed by atoms with Crippen LogP contribution in [0.5, 0.6) is 0 Å². The molecule has 4 atom stereocenters. The minimum absolute atomic E-state index is 0.228. The Balaban J connectivity index is 1.78. The number of ether oxygens (including phenoxy) is 1. The summed E-state index contributed by atoms with van der Waals surface area (Å²) in [5.74, 6) is -1.50. The Hall–Kier alpha value is -2.64. The van der Waals surface area contributed by atoms with E-state index in [0.717, 1.165) is 28.2 Å². The topological polar surface area (TPSA) is 75.7 Å². The van der Waals surface area contributed by atoms with Crippen molar-refractivity contribution in [3.63, 3.8) is 0 Å². The Labute approximate surface area is 199 Å². The second-order valence-corrected chi connectivity index (χ2v) is 9.76. The fourth-order valence-electron chi connectivity index (χ4n) is 5.17. The molecule has 3 unspecified atom stereocenters. The van der Waals surface area contributed by atoms with Crippen molar-refractivity contribution in [3.8, 4) is 0 Å². The standard InChI is InChI=1S/C26H30N2O4S/c1-4-15-33-19-13-11-18(12-14-19)22-20-21(24(30)28(5-2)23(20)29)26(27-22,25(31)32-3)16-17-9-7-6-8-10-17/h6-14,20-22,27H,4-5,15-16H2,1-3H3/t20?,21?,22?,26-/m1/s1. The molecule has 2 aromatic rings. The summed E-state index contributed by atoms with van der Waals surface area (Å²) in [7, 11) is 1.33. The Morgan fingerprint density at radius 2 is 1.76 bits per heavy atom. The fraction of sp³-hybridized carbons (Fsp3) is 0.423. The number of nitrogens with zero attached hydrogens (tertiary/aromatic N) is 1. The number of carbonyl (C=O) groups is 3. The van der Waals surface area contributed by atoms with Crippen molar-refractivity contribution in [2.24, 2.45) is 11.8 Å². The highest BCUT2D eigenvalue weighted by molar-refractivity contribution is 7.99. The van der Waals surface area contributed by atoms with Gasteiger partial charge >= 0.3 is 5.97 Å². The smallest absolute Gasteiger partial charge is 0.327 e. The van der Waals surface area contributed by atoms with Gasteiger partial charge in [0, 0.05) is 23.9 Å². The summed E-state index contributed by atoms with van der Waals surface area (Å²) in [5.41, 5.74) is 0.470. The third-order valence-corrected chi connectivity index (χ3v) is 7.87. The van der Waals surface area contributed by atoms with Crippen molar-refractivity contribution in [2.45, 2.75) is 43.2 Å². The van der Waals surface area contributed by atoms with Gasteiger partial charge in [-0.15, -0.1) is 11.8 Å². The lowest BCUT2D eigenvalue weighted by Crippen LogP contribution is -2.57. The predicted molar refractivity (Wildman–Crippen MR) is 128 cm³/mol. The van der Waals surface area contributed by atoms with Crippen molar-refractivity contribution < 1.29 is 19.1 Å². The van der Waals surface area contributed by atoms with Gasteiger partial charge in [-0.25, -0.2) is 0 Å². The molecule has 174 valence electrons. The summed E-state index contributed by atoms with van der Waals surface area (Å²) < 4.78 is 5.23. The van der Waals surface area contributed by atoms with E-state index in [1.54, 1.807) is 18.7 Å². The number of rotatable bonds is 8. The average Bonchev–Trinajstić information content (AvgIpc) is 3.31. The van der Waals surface area contributed by atoms with Gasteiger partial charge in [0.2, 0.25) is 11.8 Å². The van der Waals surface area contributed by atoms with Crippen molar-refractivity contribution in [1.29, 1.82) is 0 Å². The van der Waals surface area contributed by atoms with E-state index in [4.69, 9.17) is 4.74 Å². The fourth-order valence-corrected chi connectivity index (χ4v) is 5.94. The lowest BCUT2D eigenvalue weighted by atomic mass is 9.76. The van der Waals surface area contributed by atoms with Crippen LogP contribution in [0.15, 0.2) is 59.5 Å². The number of thioether (sulfide) groups is 1. The quantitative estimate of drug-likeness (QED) is 0.364. The zero-order valence-corrected chi connectivity index (χ0v) is 20.1. The van der Waals surface area contributed by atoms with Crippen LogP contribution in [0.25, 0.3) is 0 Å². The molecule has 0 radical (unpaired) electrons. The van der Waals surface area contributed by atoms with Crippen molar-refractivity contribution in [3.05, 3.63) is 65.7 Å². The van der Waals surface area contributed by atoms with Crippen LogP contribution in [-0.2, 0) is 25.5 Å². The number of nitrogens with one attached hydrogen (secondary N) is 1. The van der Waals surface area contributed by atoms with Gasteiger partial charge in [0.15, 0.2) is 0 Å². The summed E-state index contributed by atoms with van der Waals surface area (Å²) in [4.78, 5) is 42.6. The Bertz CT molecular complexity index is 1030. The van der Waals surface area contributed by atoms with Crippen LogP contribution >= 0.6 is 11.8 Å². The number of hydrogen-bond donors (Lipinski definition) is 1. The van der Waals surface area contributed by atoms with Crippen LogP contribution in [0.2, 0.25) is 0 Å². The van der Waals surface area contributed by atoms with Crippen LogP contribution in [0.4, 0.5) is 0 Å². The van der Waals surface area contributed by atoms with Crippen LogP contribution in [0.1, 0.15) is 37.4 Å². The number of fused-ring (bicyclic) bond motifs is 1. The first kappa shape index (κ1) is 23.5. The van der Waals surface area contributed by atoms with E-state index in [1.165, 1.54) is 12.0 Å². The monoisotopic (exact) mass is 466 g/mol. The third-order valence-electron chi connectivity index (χ3n) is 6.65. The minimum atomic E-state index is -1.32. The average molecular weight is 467 g/mol. The number of carbonyl (C=O) groups excluding carboxylic acids is 3. The van der Waals surface area contributed by atoms with Gasteiger partial charge in [-0.05, 0) is 42.4 Å². The van der Waals surface area contributed by atoms with Gasteiger partial charge in [0.05, 0.1) is 18.9 Å². The second-order valence-electron chi connectivity index (χ2n) is 8.59. The molecule has 2 aliphatic rings. The number of benzene rings is 2. The second kappa shape index (κ2) is 9.69. The number of hydrogen-bond acceptors (Lipinski definition) is 6. The maximum Gasteiger partial charge on any atom is 0.327 e. The molecule has 33 heavy (non-hydrogen) atoms. The zero-order valence-electron chi connectivity index (χ0n) is 19.2. The summed E-state index contributed by atoms with van der Waals surface area (Å²) in [6.45, 7) is 4.22. The Morgan fingerprint density at radius 1 is 1.06 bits per heavy atom. The molecule has 1 N–H and O–H groups in total. The number of methoxy groups -OCH3 is 1. The van der Waals surface area contributed by atoms with E-state index in [2.05, 4.69) is 12.2 Å². The van der Waals surface area contributed by atoms with Gasteiger partial charge < -0.3 is 4.74 Å². The molecule has 7 heteroatoms. The summed E-state index contributed by atoms with van der Waals surface area (Å²) in [5, 5.41) is 3.44. The predicted octanol–water partition coefficient (Wildman–Crippen LogP) is 3.61. The maximum absolute atomic E-state index is 13.5. The van der Waals surface area contributed by atoms with E-state index >= 15 is 0 Å². The van der Waals surface area contributed by atoms with Gasteiger partial charge in [-0.3, -0.25) is 24.6 Å². The third kappa shape index (κ3) is 4.08. The highest BCUT2D eigenvalue weighted by Gasteiger charge is 2.68. The van der Waals surface area contributed by atoms with Crippen LogP contribution in [0.3, 0.4) is 0 Å². The van der Waals surface area contributed by atoms with Crippen molar-refractivity contribution in [1.82, 2.24) is 10.2 Å².